The number of rotatable bonds is 6. The van der Waals surface area contributed by atoms with Crippen molar-refractivity contribution in [1.29, 1.82) is 0 Å². The summed E-state index contributed by atoms with van der Waals surface area (Å²) in [5.41, 5.74) is -0.250. The largest absolute Gasteiger partial charge is 0.339 e. The van der Waals surface area contributed by atoms with Crippen molar-refractivity contribution in [3.05, 3.63) is 29.6 Å². The first-order valence-corrected chi connectivity index (χ1v) is 6.64. The second-order valence-corrected chi connectivity index (χ2v) is 4.49. The lowest BCUT2D eigenvalue weighted by Crippen LogP contribution is -2.35. The number of hydrogen-bond acceptors (Lipinski definition) is 2. The third-order valence-corrected chi connectivity index (χ3v) is 3.38. The monoisotopic (exact) mass is 270 g/mol. The quantitative estimate of drug-likeness (QED) is 0.743. The molecule has 0 atom stereocenters. The molecule has 1 aromatic heterocycles. The molecule has 0 bridgehead atoms. The predicted molar refractivity (Wildman–Crippen MR) is 69.8 cm³/mol. The van der Waals surface area contributed by atoms with Gasteiger partial charge in [0, 0.05) is 19.3 Å². The van der Waals surface area contributed by atoms with Gasteiger partial charge >= 0.3 is 0 Å². The molecule has 1 rings (SSSR count). The first kappa shape index (κ1) is 15.5. The molecule has 0 radical (unpaired) electrons. The molecule has 0 aliphatic rings. The summed E-state index contributed by atoms with van der Waals surface area (Å²) in [5, 5.41) is 0. The molecule has 0 aromatic carbocycles. The van der Waals surface area contributed by atoms with E-state index in [1.165, 1.54) is 6.07 Å². The zero-order valence-electron chi connectivity index (χ0n) is 11.6. The second-order valence-electron chi connectivity index (χ2n) is 4.49. The SMILES string of the molecule is CCC(CC)CN(CC)C(=O)c1ccnc(F)c1F. The van der Waals surface area contributed by atoms with Crippen LogP contribution in [-0.4, -0.2) is 28.9 Å². The van der Waals surface area contributed by atoms with Gasteiger partial charge in [-0.05, 0) is 18.9 Å². The first-order valence-electron chi connectivity index (χ1n) is 6.64. The maximum Gasteiger partial charge on any atom is 0.257 e. The van der Waals surface area contributed by atoms with Crippen molar-refractivity contribution in [3.8, 4) is 0 Å². The minimum absolute atomic E-state index is 0.250. The number of halogens is 2. The van der Waals surface area contributed by atoms with E-state index in [9.17, 15) is 13.6 Å². The van der Waals surface area contributed by atoms with Crippen molar-refractivity contribution in [2.75, 3.05) is 13.1 Å². The molecular weight excluding hydrogens is 250 g/mol. The van der Waals surface area contributed by atoms with Gasteiger partial charge in [0.15, 0.2) is 5.82 Å². The minimum Gasteiger partial charge on any atom is -0.339 e. The standard InChI is InChI=1S/C14H20F2N2O/c1-4-10(5-2)9-18(6-3)14(19)11-7-8-17-13(16)12(11)15/h7-8,10H,4-6,9H2,1-3H3. The van der Waals surface area contributed by atoms with Gasteiger partial charge < -0.3 is 4.90 Å². The van der Waals surface area contributed by atoms with Crippen molar-refractivity contribution in [3.63, 3.8) is 0 Å². The van der Waals surface area contributed by atoms with Crippen molar-refractivity contribution in [2.45, 2.75) is 33.6 Å². The van der Waals surface area contributed by atoms with Gasteiger partial charge in [0.2, 0.25) is 5.95 Å². The third kappa shape index (κ3) is 3.72. The number of amides is 1. The van der Waals surface area contributed by atoms with Gasteiger partial charge in [-0.15, -0.1) is 0 Å². The van der Waals surface area contributed by atoms with Crippen molar-refractivity contribution in [1.82, 2.24) is 9.88 Å². The Balaban J connectivity index is 2.92. The molecule has 0 fully saturated rings. The number of pyridine rings is 1. The Kier molecular flexibility index (Phi) is 5.86. The minimum atomic E-state index is -1.23. The number of carbonyl (C=O) groups is 1. The third-order valence-electron chi connectivity index (χ3n) is 3.38. The fraction of sp³-hybridized carbons (Fsp3) is 0.571. The molecular formula is C14H20F2N2O. The lowest BCUT2D eigenvalue weighted by Gasteiger charge is -2.25. The zero-order chi connectivity index (χ0) is 14.4. The van der Waals surface area contributed by atoms with Crippen LogP contribution in [-0.2, 0) is 0 Å². The Hall–Kier alpha value is -1.52. The van der Waals surface area contributed by atoms with Gasteiger partial charge in [-0.25, -0.2) is 9.37 Å². The van der Waals surface area contributed by atoms with E-state index in [-0.39, 0.29) is 5.56 Å². The van der Waals surface area contributed by atoms with Crippen LogP contribution in [0.4, 0.5) is 8.78 Å². The number of carbonyl (C=O) groups excluding carboxylic acids is 1. The molecule has 1 amide bonds. The van der Waals surface area contributed by atoms with Gasteiger partial charge in [0.25, 0.3) is 5.91 Å². The molecule has 19 heavy (non-hydrogen) atoms. The van der Waals surface area contributed by atoms with E-state index < -0.39 is 17.7 Å². The van der Waals surface area contributed by atoms with Crippen molar-refractivity contribution < 1.29 is 13.6 Å². The van der Waals surface area contributed by atoms with Crippen LogP contribution in [0.1, 0.15) is 44.0 Å². The van der Waals surface area contributed by atoms with Crippen LogP contribution >= 0.6 is 0 Å². The molecule has 1 heterocycles. The molecule has 0 saturated heterocycles. The molecule has 0 unspecified atom stereocenters. The smallest absolute Gasteiger partial charge is 0.257 e. The summed E-state index contributed by atoms with van der Waals surface area (Å²) < 4.78 is 26.6. The van der Waals surface area contributed by atoms with Crippen LogP contribution < -0.4 is 0 Å². The number of nitrogens with zero attached hydrogens (tertiary/aromatic N) is 2. The summed E-state index contributed by atoms with van der Waals surface area (Å²) in [6.45, 7) is 6.97. The van der Waals surface area contributed by atoms with E-state index in [0.717, 1.165) is 19.0 Å². The molecule has 0 aliphatic heterocycles. The zero-order valence-corrected chi connectivity index (χ0v) is 11.6. The van der Waals surface area contributed by atoms with Gasteiger partial charge in [0.1, 0.15) is 0 Å². The fourth-order valence-electron chi connectivity index (χ4n) is 1.97. The van der Waals surface area contributed by atoms with Crippen LogP contribution in [0, 0.1) is 17.7 Å². The highest BCUT2D eigenvalue weighted by Crippen LogP contribution is 2.15. The molecule has 0 spiro atoms. The highest BCUT2D eigenvalue weighted by molar-refractivity contribution is 5.94. The van der Waals surface area contributed by atoms with Crippen LogP contribution in [0.3, 0.4) is 0 Å². The molecule has 106 valence electrons. The summed E-state index contributed by atoms with van der Waals surface area (Å²) in [6, 6.07) is 1.22. The maximum absolute atomic E-state index is 13.6. The van der Waals surface area contributed by atoms with E-state index in [4.69, 9.17) is 0 Å². The summed E-state index contributed by atoms with van der Waals surface area (Å²) in [7, 11) is 0. The average molecular weight is 270 g/mol. The number of aromatic nitrogens is 1. The molecule has 1 aromatic rings. The Bertz CT molecular complexity index is 433. The highest BCUT2D eigenvalue weighted by Gasteiger charge is 2.22. The van der Waals surface area contributed by atoms with Crippen LogP contribution in [0.25, 0.3) is 0 Å². The van der Waals surface area contributed by atoms with Crippen LogP contribution in [0.5, 0.6) is 0 Å². The van der Waals surface area contributed by atoms with Crippen LogP contribution in [0.2, 0.25) is 0 Å². The highest BCUT2D eigenvalue weighted by atomic mass is 19.2. The first-order chi connectivity index (χ1) is 9.04. The van der Waals surface area contributed by atoms with Crippen molar-refractivity contribution in [2.24, 2.45) is 5.92 Å². The lowest BCUT2D eigenvalue weighted by molar-refractivity contribution is 0.0728. The summed E-state index contributed by atoms with van der Waals surface area (Å²) >= 11 is 0. The molecule has 0 aliphatic carbocycles. The van der Waals surface area contributed by atoms with Crippen molar-refractivity contribution >= 4 is 5.91 Å². The molecule has 0 saturated carbocycles. The normalized spacial score (nSPS) is 10.8. The summed E-state index contributed by atoms with van der Waals surface area (Å²) in [4.78, 5) is 16.9. The van der Waals surface area contributed by atoms with Gasteiger partial charge in [0.05, 0.1) is 5.56 Å². The molecule has 5 heteroatoms. The predicted octanol–water partition coefficient (Wildman–Crippen LogP) is 3.26. The van der Waals surface area contributed by atoms with Gasteiger partial charge in [-0.1, -0.05) is 26.7 Å². The Morgan fingerprint density at radius 1 is 1.32 bits per heavy atom. The average Bonchev–Trinajstić information content (AvgIpc) is 2.43. The second kappa shape index (κ2) is 7.16. The fourth-order valence-corrected chi connectivity index (χ4v) is 1.97. The van der Waals surface area contributed by atoms with E-state index in [1.54, 1.807) is 4.90 Å². The van der Waals surface area contributed by atoms with E-state index >= 15 is 0 Å². The van der Waals surface area contributed by atoms with E-state index in [2.05, 4.69) is 18.8 Å². The molecule has 0 N–H and O–H groups in total. The topological polar surface area (TPSA) is 33.2 Å². The van der Waals surface area contributed by atoms with Crippen LogP contribution in [0.15, 0.2) is 12.3 Å². The lowest BCUT2D eigenvalue weighted by atomic mass is 10.0. The Morgan fingerprint density at radius 2 is 1.95 bits per heavy atom. The molecule has 3 nitrogen and oxygen atoms in total. The number of hydrogen-bond donors (Lipinski definition) is 0. The van der Waals surface area contributed by atoms with Gasteiger partial charge in [-0.3, -0.25) is 4.79 Å². The Labute approximate surface area is 112 Å². The summed E-state index contributed by atoms with van der Waals surface area (Å²) in [5.74, 6) is -2.51. The van der Waals surface area contributed by atoms with Gasteiger partial charge in [-0.2, -0.15) is 4.39 Å². The van der Waals surface area contributed by atoms with E-state index in [1.807, 2.05) is 6.92 Å². The summed E-state index contributed by atoms with van der Waals surface area (Å²) in [6.07, 6.45) is 3.01. The Morgan fingerprint density at radius 3 is 2.47 bits per heavy atom. The maximum atomic E-state index is 13.6. The van der Waals surface area contributed by atoms with E-state index in [0.29, 0.717) is 19.0 Å².